The number of benzene rings is 1. The Balaban J connectivity index is 3.24. The Kier molecular flexibility index (Phi) is 2.89. The molecule has 0 heterocycles. The molecule has 76 valence electrons. The van der Waals surface area contributed by atoms with E-state index in [1.54, 1.807) is 33.0 Å². The predicted octanol–water partition coefficient (Wildman–Crippen LogP) is 2.50. The topological polar surface area (TPSA) is 29.1 Å². The van der Waals surface area contributed by atoms with E-state index in [2.05, 4.69) is 5.32 Å². The molecule has 2 nitrogen and oxygen atoms in total. The zero-order valence-electron chi connectivity index (χ0n) is 8.60. The van der Waals surface area contributed by atoms with E-state index in [0.29, 0.717) is 5.56 Å². The average Bonchev–Trinajstić information content (AvgIpc) is 2.17. The Hall–Kier alpha value is -1.38. The molecule has 0 amide bonds. The minimum atomic E-state index is -1.32. The third-order valence-corrected chi connectivity index (χ3v) is 2.36. The number of carbonyl (C=O) groups excluding carboxylic acids is 1. The fraction of sp³-hybridized carbons (Fsp3) is 0.364. The zero-order valence-corrected chi connectivity index (χ0v) is 8.60. The molecule has 0 spiro atoms. The molecule has 0 saturated heterocycles. The van der Waals surface area contributed by atoms with Gasteiger partial charge in [0.15, 0.2) is 0 Å². The smallest absolute Gasteiger partial charge is 0.311 e. The quantitative estimate of drug-likeness (QED) is 0.751. The molecule has 1 rings (SSSR count). The highest BCUT2D eigenvalue weighted by Crippen LogP contribution is 2.30. The second kappa shape index (κ2) is 3.78. The van der Waals surface area contributed by atoms with E-state index in [1.165, 1.54) is 0 Å². The predicted molar refractivity (Wildman–Crippen MR) is 55.1 cm³/mol. The first-order chi connectivity index (χ1) is 6.50. The van der Waals surface area contributed by atoms with Gasteiger partial charge in [-0.1, -0.05) is 18.2 Å². The van der Waals surface area contributed by atoms with Gasteiger partial charge in [-0.25, -0.2) is 0 Å². The fourth-order valence-electron chi connectivity index (χ4n) is 1.35. The second-order valence-corrected chi connectivity index (χ2v) is 3.69. The van der Waals surface area contributed by atoms with Crippen molar-refractivity contribution >= 4 is 11.7 Å². The molecule has 0 radical (unpaired) electrons. The van der Waals surface area contributed by atoms with Crippen LogP contribution in [-0.4, -0.2) is 13.1 Å². The number of nitrogens with one attached hydrogen (secondary N) is 1. The molecule has 0 aliphatic rings. The van der Waals surface area contributed by atoms with Crippen LogP contribution in [0.4, 0.5) is 10.1 Å². The van der Waals surface area contributed by atoms with Crippen LogP contribution in [0.15, 0.2) is 24.3 Å². The first-order valence-electron chi connectivity index (χ1n) is 4.47. The standard InChI is InChI=1S/C11H14FNO/c1-11(2,10(12)14)8-6-4-5-7-9(8)13-3/h4-7,13H,1-3H3. The van der Waals surface area contributed by atoms with Gasteiger partial charge >= 0.3 is 6.04 Å². The first kappa shape index (κ1) is 10.7. The van der Waals surface area contributed by atoms with Gasteiger partial charge in [0, 0.05) is 12.7 Å². The molecule has 0 unspecified atom stereocenters. The average molecular weight is 195 g/mol. The summed E-state index contributed by atoms with van der Waals surface area (Å²) in [6.07, 6.45) is 0. The van der Waals surface area contributed by atoms with Crippen molar-refractivity contribution in [3.05, 3.63) is 29.8 Å². The van der Waals surface area contributed by atoms with Crippen LogP contribution in [0.5, 0.6) is 0 Å². The molecule has 1 aromatic rings. The summed E-state index contributed by atoms with van der Waals surface area (Å²) < 4.78 is 12.8. The van der Waals surface area contributed by atoms with Crippen LogP contribution >= 0.6 is 0 Å². The maximum atomic E-state index is 12.8. The first-order valence-corrected chi connectivity index (χ1v) is 4.47. The number of para-hydroxylation sites is 1. The summed E-state index contributed by atoms with van der Waals surface area (Å²) >= 11 is 0. The summed E-state index contributed by atoms with van der Waals surface area (Å²) in [7, 11) is 1.75. The lowest BCUT2D eigenvalue weighted by Gasteiger charge is -2.22. The molecule has 0 aliphatic heterocycles. The van der Waals surface area contributed by atoms with Gasteiger partial charge in [-0.05, 0) is 25.5 Å². The lowest BCUT2D eigenvalue weighted by molar-refractivity contribution is -0.134. The van der Waals surface area contributed by atoms with E-state index in [4.69, 9.17) is 0 Å². The van der Waals surface area contributed by atoms with Gasteiger partial charge in [-0.2, -0.15) is 4.39 Å². The number of hydrogen-bond acceptors (Lipinski definition) is 2. The van der Waals surface area contributed by atoms with Crippen molar-refractivity contribution < 1.29 is 9.18 Å². The number of carbonyl (C=O) groups is 1. The molecule has 0 aliphatic carbocycles. The summed E-state index contributed by atoms with van der Waals surface area (Å²) in [6.45, 7) is 3.15. The third-order valence-electron chi connectivity index (χ3n) is 2.36. The van der Waals surface area contributed by atoms with E-state index in [9.17, 15) is 9.18 Å². The van der Waals surface area contributed by atoms with Gasteiger partial charge < -0.3 is 5.32 Å². The van der Waals surface area contributed by atoms with E-state index in [0.717, 1.165) is 5.69 Å². The number of anilines is 1. The summed E-state index contributed by atoms with van der Waals surface area (Å²) in [6, 6.07) is 5.89. The van der Waals surface area contributed by atoms with Crippen molar-refractivity contribution in [3.63, 3.8) is 0 Å². The minimum Gasteiger partial charge on any atom is -0.388 e. The highest BCUT2D eigenvalue weighted by Gasteiger charge is 2.31. The molecule has 0 atom stereocenters. The molecule has 14 heavy (non-hydrogen) atoms. The highest BCUT2D eigenvalue weighted by atomic mass is 19.1. The number of hydrogen-bond donors (Lipinski definition) is 1. The molecule has 0 bridgehead atoms. The van der Waals surface area contributed by atoms with E-state index >= 15 is 0 Å². The molecular weight excluding hydrogens is 181 g/mol. The van der Waals surface area contributed by atoms with Crippen LogP contribution in [0.3, 0.4) is 0 Å². The van der Waals surface area contributed by atoms with Crippen LogP contribution in [0, 0.1) is 0 Å². The maximum Gasteiger partial charge on any atom is 0.311 e. The van der Waals surface area contributed by atoms with Crippen LogP contribution in [0.25, 0.3) is 0 Å². The van der Waals surface area contributed by atoms with Gasteiger partial charge in [-0.3, -0.25) is 4.79 Å². The monoisotopic (exact) mass is 195 g/mol. The van der Waals surface area contributed by atoms with Gasteiger partial charge in [0.1, 0.15) is 0 Å². The molecule has 0 aromatic heterocycles. The molecular formula is C11H14FNO. The summed E-state index contributed by atoms with van der Waals surface area (Å²) in [5.41, 5.74) is 0.373. The third kappa shape index (κ3) is 1.76. The van der Waals surface area contributed by atoms with Gasteiger partial charge in [0.25, 0.3) is 0 Å². The van der Waals surface area contributed by atoms with E-state index in [-0.39, 0.29) is 0 Å². The van der Waals surface area contributed by atoms with Gasteiger partial charge in [0.05, 0.1) is 5.41 Å². The maximum absolute atomic E-state index is 12.8. The summed E-state index contributed by atoms with van der Waals surface area (Å²) in [4.78, 5) is 10.8. The highest BCUT2D eigenvalue weighted by molar-refractivity contribution is 5.83. The van der Waals surface area contributed by atoms with Crippen LogP contribution in [0.1, 0.15) is 19.4 Å². The largest absolute Gasteiger partial charge is 0.388 e. The van der Waals surface area contributed by atoms with Crippen molar-refractivity contribution in [2.45, 2.75) is 19.3 Å². The lowest BCUT2D eigenvalue weighted by atomic mass is 9.84. The molecule has 0 saturated carbocycles. The van der Waals surface area contributed by atoms with E-state index in [1.807, 2.05) is 12.1 Å². The normalized spacial score (nSPS) is 11.1. The second-order valence-electron chi connectivity index (χ2n) is 3.69. The van der Waals surface area contributed by atoms with Gasteiger partial charge in [0.2, 0.25) is 0 Å². The van der Waals surface area contributed by atoms with E-state index < -0.39 is 11.5 Å². The van der Waals surface area contributed by atoms with Crippen molar-refractivity contribution in [2.75, 3.05) is 12.4 Å². The Bertz CT molecular complexity index is 347. The van der Waals surface area contributed by atoms with Crippen molar-refractivity contribution in [3.8, 4) is 0 Å². The fourth-order valence-corrected chi connectivity index (χ4v) is 1.35. The SMILES string of the molecule is CNc1ccccc1C(C)(C)C(=O)F. The van der Waals surface area contributed by atoms with Crippen molar-refractivity contribution in [2.24, 2.45) is 0 Å². The zero-order chi connectivity index (χ0) is 10.8. The summed E-state index contributed by atoms with van der Waals surface area (Å²) in [5, 5.41) is 2.94. The summed E-state index contributed by atoms with van der Waals surface area (Å²) in [5.74, 6) is 0. The Morgan fingerprint density at radius 2 is 1.93 bits per heavy atom. The molecule has 1 N–H and O–H groups in total. The Labute approximate surface area is 83.1 Å². The Morgan fingerprint density at radius 1 is 1.36 bits per heavy atom. The Morgan fingerprint density at radius 3 is 2.43 bits per heavy atom. The minimum absolute atomic E-state index is 0.676. The lowest BCUT2D eigenvalue weighted by Crippen LogP contribution is -2.26. The van der Waals surface area contributed by atoms with Crippen LogP contribution in [0.2, 0.25) is 0 Å². The van der Waals surface area contributed by atoms with Crippen molar-refractivity contribution in [1.82, 2.24) is 0 Å². The van der Waals surface area contributed by atoms with Crippen molar-refractivity contribution in [1.29, 1.82) is 0 Å². The van der Waals surface area contributed by atoms with Crippen LogP contribution < -0.4 is 5.32 Å². The molecule has 3 heteroatoms. The number of halogens is 1. The molecule has 1 aromatic carbocycles. The number of rotatable bonds is 3. The van der Waals surface area contributed by atoms with Gasteiger partial charge in [-0.15, -0.1) is 0 Å². The van der Waals surface area contributed by atoms with Crippen LogP contribution in [-0.2, 0) is 10.2 Å². The molecule has 0 fully saturated rings.